The quantitative estimate of drug-likeness (QED) is 0.861. The molecule has 1 heterocycles. The summed E-state index contributed by atoms with van der Waals surface area (Å²) in [7, 11) is 1.89. The number of aryl methyl sites for hydroxylation is 1. The minimum Gasteiger partial charge on any atom is -0.373 e. The number of hydrogen-bond donors (Lipinski definition) is 2. The van der Waals surface area contributed by atoms with Crippen LogP contribution < -0.4 is 10.6 Å². The van der Waals surface area contributed by atoms with E-state index < -0.39 is 0 Å². The second kappa shape index (κ2) is 5.55. The SMILES string of the molecule is CCc1nc(NC)c(C)c(NC(C)C(C)(C)C)n1. The fourth-order valence-corrected chi connectivity index (χ4v) is 1.53. The highest BCUT2D eigenvalue weighted by molar-refractivity contribution is 5.57. The van der Waals surface area contributed by atoms with Crippen LogP contribution in [-0.4, -0.2) is 23.1 Å². The summed E-state index contributed by atoms with van der Waals surface area (Å²) >= 11 is 0. The summed E-state index contributed by atoms with van der Waals surface area (Å²) < 4.78 is 0. The molecule has 0 saturated carbocycles. The molecule has 102 valence electrons. The summed E-state index contributed by atoms with van der Waals surface area (Å²) in [5.41, 5.74) is 1.27. The molecule has 2 N–H and O–H groups in total. The molecule has 0 aliphatic rings. The fraction of sp³-hybridized carbons (Fsp3) is 0.714. The van der Waals surface area contributed by atoms with Gasteiger partial charge < -0.3 is 10.6 Å². The van der Waals surface area contributed by atoms with Crippen LogP contribution in [0.15, 0.2) is 0 Å². The molecular weight excluding hydrogens is 224 g/mol. The molecule has 0 aliphatic heterocycles. The standard InChI is InChI=1S/C14H26N4/c1-8-11-17-12(15-7)9(2)13(18-11)16-10(3)14(4,5)6/h10H,8H2,1-7H3,(H2,15,16,17,18). The molecule has 0 aromatic carbocycles. The Balaban J connectivity index is 3.08. The van der Waals surface area contributed by atoms with Crippen LogP contribution in [0.2, 0.25) is 0 Å². The Hall–Kier alpha value is -1.32. The van der Waals surface area contributed by atoms with Gasteiger partial charge in [-0.15, -0.1) is 0 Å². The number of anilines is 2. The van der Waals surface area contributed by atoms with Crippen molar-refractivity contribution in [2.24, 2.45) is 5.41 Å². The summed E-state index contributed by atoms with van der Waals surface area (Å²) in [6.45, 7) is 13.0. The average molecular weight is 250 g/mol. The van der Waals surface area contributed by atoms with Gasteiger partial charge in [-0.1, -0.05) is 27.7 Å². The second-order valence-corrected chi connectivity index (χ2v) is 5.80. The van der Waals surface area contributed by atoms with Crippen molar-refractivity contribution in [1.82, 2.24) is 9.97 Å². The molecule has 0 fully saturated rings. The summed E-state index contributed by atoms with van der Waals surface area (Å²) in [5, 5.41) is 6.64. The molecule has 0 saturated heterocycles. The molecule has 4 heteroatoms. The van der Waals surface area contributed by atoms with Crippen molar-refractivity contribution < 1.29 is 0 Å². The van der Waals surface area contributed by atoms with E-state index in [2.05, 4.69) is 55.2 Å². The second-order valence-electron chi connectivity index (χ2n) is 5.80. The molecule has 1 rings (SSSR count). The molecule has 0 aliphatic carbocycles. The Morgan fingerprint density at radius 1 is 1.17 bits per heavy atom. The van der Waals surface area contributed by atoms with Crippen molar-refractivity contribution in [1.29, 1.82) is 0 Å². The number of nitrogens with zero attached hydrogens (tertiary/aromatic N) is 2. The Morgan fingerprint density at radius 2 is 1.72 bits per heavy atom. The van der Waals surface area contributed by atoms with Crippen LogP contribution in [0.1, 0.15) is 46.0 Å². The van der Waals surface area contributed by atoms with E-state index in [1.165, 1.54) is 0 Å². The summed E-state index contributed by atoms with van der Waals surface area (Å²) in [6.07, 6.45) is 0.841. The Kier molecular flexibility index (Phi) is 4.54. The molecule has 0 bridgehead atoms. The third-order valence-electron chi connectivity index (χ3n) is 3.40. The van der Waals surface area contributed by atoms with Gasteiger partial charge in [0, 0.05) is 25.1 Å². The normalized spacial score (nSPS) is 13.3. The van der Waals surface area contributed by atoms with Crippen molar-refractivity contribution in [3.05, 3.63) is 11.4 Å². The Labute approximate surface area is 111 Å². The highest BCUT2D eigenvalue weighted by atomic mass is 15.1. The van der Waals surface area contributed by atoms with Crippen LogP contribution in [0.25, 0.3) is 0 Å². The van der Waals surface area contributed by atoms with Crippen molar-refractivity contribution in [2.75, 3.05) is 17.7 Å². The lowest BCUT2D eigenvalue weighted by Crippen LogP contribution is -2.31. The molecule has 0 spiro atoms. The number of rotatable bonds is 4. The lowest BCUT2D eigenvalue weighted by Gasteiger charge is -2.29. The number of nitrogens with one attached hydrogen (secondary N) is 2. The lowest BCUT2D eigenvalue weighted by atomic mass is 9.88. The Morgan fingerprint density at radius 3 is 2.17 bits per heavy atom. The Bertz CT molecular complexity index is 407. The molecule has 0 amide bonds. The average Bonchev–Trinajstić information content (AvgIpc) is 2.30. The smallest absolute Gasteiger partial charge is 0.135 e. The van der Waals surface area contributed by atoms with Gasteiger partial charge in [0.25, 0.3) is 0 Å². The van der Waals surface area contributed by atoms with Gasteiger partial charge in [0.2, 0.25) is 0 Å². The maximum Gasteiger partial charge on any atom is 0.135 e. The van der Waals surface area contributed by atoms with Crippen LogP contribution in [0.5, 0.6) is 0 Å². The van der Waals surface area contributed by atoms with E-state index in [1.807, 2.05) is 14.0 Å². The van der Waals surface area contributed by atoms with Gasteiger partial charge in [-0.05, 0) is 19.3 Å². The highest BCUT2D eigenvalue weighted by Gasteiger charge is 2.21. The van der Waals surface area contributed by atoms with E-state index in [-0.39, 0.29) is 5.41 Å². The van der Waals surface area contributed by atoms with E-state index in [0.29, 0.717) is 6.04 Å². The predicted octanol–water partition coefficient (Wildman–Crippen LogP) is 3.24. The third-order valence-corrected chi connectivity index (χ3v) is 3.40. The van der Waals surface area contributed by atoms with E-state index >= 15 is 0 Å². The monoisotopic (exact) mass is 250 g/mol. The maximum atomic E-state index is 4.59. The van der Waals surface area contributed by atoms with Gasteiger partial charge in [-0.3, -0.25) is 0 Å². The number of aromatic nitrogens is 2. The van der Waals surface area contributed by atoms with E-state index in [0.717, 1.165) is 29.4 Å². The first kappa shape index (κ1) is 14.7. The van der Waals surface area contributed by atoms with E-state index in [4.69, 9.17) is 0 Å². The third kappa shape index (κ3) is 3.34. The van der Waals surface area contributed by atoms with E-state index in [1.54, 1.807) is 0 Å². The van der Waals surface area contributed by atoms with Crippen LogP contribution >= 0.6 is 0 Å². The predicted molar refractivity (Wildman–Crippen MR) is 78.2 cm³/mol. The van der Waals surface area contributed by atoms with Crippen molar-refractivity contribution in [2.45, 2.75) is 54.0 Å². The molecular formula is C14H26N4. The lowest BCUT2D eigenvalue weighted by molar-refractivity contribution is 0.358. The van der Waals surface area contributed by atoms with Crippen LogP contribution in [0.4, 0.5) is 11.6 Å². The van der Waals surface area contributed by atoms with Crippen molar-refractivity contribution in [3.63, 3.8) is 0 Å². The van der Waals surface area contributed by atoms with Crippen LogP contribution in [0.3, 0.4) is 0 Å². The zero-order valence-corrected chi connectivity index (χ0v) is 12.7. The van der Waals surface area contributed by atoms with Crippen molar-refractivity contribution >= 4 is 11.6 Å². The highest BCUT2D eigenvalue weighted by Crippen LogP contribution is 2.26. The van der Waals surface area contributed by atoms with Gasteiger partial charge in [0.05, 0.1) is 0 Å². The van der Waals surface area contributed by atoms with Gasteiger partial charge >= 0.3 is 0 Å². The minimum absolute atomic E-state index is 0.198. The van der Waals surface area contributed by atoms with Gasteiger partial charge in [0.15, 0.2) is 0 Å². The summed E-state index contributed by atoms with van der Waals surface area (Å²) in [6, 6.07) is 0.348. The minimum atomic E-state index is 0.198. The number of hydrogen-bond acceptors (Lipinski definition) is 4. The first-order valence-corrected chi connectivity index (χ1v) is 6.61. The zero-order valence-electron chi connectivity index (χ0n) is 12.7. The maximum absolute atomic E-state index is 4.59. The zero-order chi connectivity index (χ0) is 13.9. The molecule has 1 aromatic heterocycles. The topological polar surface area (TPSA) is 49.8 Å². The molecule has 18 heavy (non-hydrogen) atoms. The molecule has 1 atom stereocenters. The van der Waals surface area contributed by atoms with Crippen LogP contribution in [-0.2, 0) is 6.42 Å². The largest absolute Gasteiger partial charge is 0.373 e. The first-order chi connectivity index (χ1) is 8.29. The fourth-order valence-electron chi connectivity index (χ4n) is 1.53. The van der Waals surface area contributed by atoms with Crippen LogP contribution in [0, 0.1) is 12.3 Å². The van der Waals surface area contributed by atoms with Crippen molar-refractivity contribution in [3.8, 4) is 0 Å². The summed E-state index contributed by atoms with van der Waals surface area (Å²) in [5.74, 6) is 2.72. The van der Waals surface area contributed by atoms with Gasteiger partial charge in [0.1, 0.15) is 17.5 Å². The molecule has 1 aromatic rings. The first-order valence-electron chi connectivity index (χ1n) is 6.61. The molecule has 4 nitrogen and oxygen atoms in total. The molecule has 0 radical (unpaired) electrons. The van der Waals surface area contributed by atoms with Gasteiger partial charge in [-0.2, -0.15) is 0 Å². The van der Waals surface area contributed by atoms with Gasteiger partial charge in [-0.25, -0.2) is 9.97 Å². The molecule has 1 unspecified atom stereocenters. The van der Waals surface area contributed by atoms with E-state index in [9.17, 15) is 0 Å². The summed E-state index contributed by atoms with van der Waals surface area (Å²) in [4.78, 5) is 9.07.